The molecule has 2 saturated carbocycles. The van der Waals surface area contributed by atoms with E-state index in [0.717, 1.165) is 0 Å². The van der Waals surface area contributed by atoms with Gasteiger partial charge in [-0.25, -0.2) is 0 Å². The van der Waals surface area contributed by atoms with Crippen LogP contribution in [-0.4, -0.2) is 85.1 Å². The fourth-order valence-electron chi connectivity index (χ4n) is 6.60. The molecule has 2 saturated heterocycles. The fraction of sp³-hybridized carbons (Fsp3) is 0.882. The van der Waals surface area contributed by atoms with Crippen molar-refractivity contribution < 1.29 is 35.0 Å². The van der Waals surface area contributed by atoms with Crippen molar-refractivity contribution >= 4 is 11.8 Å². The first-order chi connectivity index (χ1) is 11.7. The van der Waals surface area contributed by atoms with Crippen LogP contribution in [0.1, 0.15) is 20.3 Å². The lowest BCUT2D eigenvalue weighted by atomic mass is 9.57. The molecule has 25 heavy (non-hydrogen) atoms. The Morgan fingerprint density at radius 3 is 2.72 bits per heavy atom. The van der Waals surface area contributed by atoms with Gasteiger partial charge in [-0.15, -0.1) is 11.8 Å². The van der Waals surface area contributed by atoms with E-state index in [1.807, 2.05) is 6.92 Å². The van der Waals surface area contributed by atoms with Gasteiger partial charge in [-0.2, -0.15) is 0 Å². The second-order valence-corrected chi connectivity index (χ2v) is 9.71. The number of rotatable bonds is 3. The highest BCUT2D eigenvalue weighted by Gasteiger charge is 3.01. The zero-order valence-corrected chi connectivity index (χ0v) is 15.0. The third-order valence-electron chi connectivity index (χ3n) is 7.91. The monoisotopic (exact) mass is 372 g/mol. The minimum absolute atomic E-state index is 0.0430. The molecule has 2 bridgehead atoms. The van der Waals surface area contributed by atoms with E-state index in [0.29, 0.717) is 17.7 Å². The zero-order chi connectivity index (χ0) is 18.0. The molecule has 4 fully saturated rings. The third kappa shape index (κ3) is 1.31. The van der Waals surface area contributed by atoms with Crippen LogP contribution in [0.25, 0.3) is 0 Å². The van der Waals surface area contributed by atoms with Crippen molar-refractivity contribution in [1.82, 2.24) is 0 Å². The minimum atomic E-state index is -1.77. The summed E-state index contributed by atoms with van der Waals surface area (Å²) >= 11 is 1.42. The van der Waals surface area contributed by atoms with Gasteiger partial charge >= 0.3 is 0 Å². The maximum Gasteiger partial charge on any atom is 0.215 e. The van der Waals surface area contributed by atoms with E-state index in [9.17, 15) is 25.5 Å². The molecule has 3 aliphatic carbocycles. The maximum atomic E-state index is 11.6. The molecule has 0 radical (unpaired) electrons. The van der Waals surface area contributed by atoms with Gasteiger partial charge in [0.15, 0.2) is 0 Å². The number of thioether (sulfide) groups is 1. The van der Waals surface area contributed by atoms with E-state index in [1.165, 1.54) is 11.8 Å². The molecule has 0 aromatic rings. The van der Waals surface area contributed by atoms with Crippen LogP contribution in [0.5, 0.6) is 0 Å². The molecule has 9 atom stereocenters. The minimum Gasteiger partial charge on any atom is -0.396 e. The van der Waals surface area contributed by atoms with Crippen molar-refractivity contribution in [3.8, 4) is 0 Å². The van der Waals surface area contributed by atoms with Crippen LogP contribution in [0.15, 0.2) is 11.6 Å². The van der Waals surface area contributed by atoms with Crippen LogP contribution in [-0.2, 0) is 9.47 Å². The van der Waals surface area contributed by atoms with E-state index in [1.54, 1.807) is 13.0 Å². The lowest BCUT2D eigenvalue weighted by Crippen LogP contribution is -2.67. The zero-order valence-electron chi connectivity index (χ0n) is 14.2. The standard InChI is InChI=1S/C17H24O7S/c1-8-5-10-14(7-23-16(8,21)12(14)20)13(2)15(25-4-3-18)6-9(19)11(24-10)17(13,15)22/h5,9-12,18-22H,3-4,6-7H2,1-2H3/t9-,10-,11-,12+,13+,14-,15?,16-,17?/m1/s1. The highest BCUT2D eigenvalue weighted by molar-refractivity contribution is 8.01. The van der Waals surface area contributed by atoms with Crippen LogP contribution >= 0.6 is 11.8 Å². The number of aliphatic hydroxyl groups excluding tert-OH is 3. The van der Waals surface area contributed by atoms with Crippen molar-refractivity contribution in [2.45, 2.75) is 60.8 Å². The molecule has 2 unspecified atom stereocenters. The van der Waals surface area contributed by atoms with E-state index in [2.05, 4.69) is 0 Å². The van der Waals surface area contributed by atoms with Crippen LogP contribution in [0.2, 0.25) is 0 Å². The largest absolute Gasteiger partial charge is 0.396 e. The summed E-state index contributed by atoms with van der Waals surface area (Å²) in [6.07, 6.45) is -1.29. The predicted octanol–water partition coefficient (Wildman–Crippen LogP) is -1.24. The summed E-state index contributed by atoms with van der Waals surface area (Å²) in [5.41, 5.74) is -2.68. The van der Waals surface area contributed by atoms with Crippen molar-refractivity contribution in [2.75, 3.05) is 19.0 Å². The van der Waals surface area contributed by atoms with E-state index in [4.69, 9.17) is 9.47 Å². The summed E-state index contributed by atoms with van der Waals surface area (Å²) in [6.45, 7) is 3.60. The normalized spacial score (nSPS) is 63.9. The highest BCUT2D eigenvalue weighted by atomic mass is 32.2. The molecule has 5 aliphatic rings. The first-order valence-electron chi connectivity index (χ1n) is 8.71. The molecule has 140 valence electrons. The van der Waals surface area contributed by atoms with Gasteiger partial charge in [0.2, 0.25) is 5.79 Å². The maximum absolute atomic E-state index is 11.6. The summed E-state index contributed by atoms with van der Waals surface area (Å²) in [7, 11) is 0. The van der Waals surface area contributed by atoms with E-state index in [-0.39, 0.29) is 13.2 Å². The topological polar surface area (TPSA) is 120 Å². The molecule has 0 amide bonds. The summed E-state index contributed by atoms with van der Waals surface area (Å²) in [5.74, 6) is -1.36. The van der Waals surface area contributed by atoms with Gasteiger partial charge in [-0.1, -0.05) is 13.0 Å². The summed E-state index contributed by atoms with van der Waals surface area (Å²) in [6, 6.07) is 0. The second-order valence-electron chi connectivity index (χ2n) is 8.32. The molecular formula is C17H24O7S. The summed E-state index contributed by atoms with van der Waals surface area (Å²) in [5, 5.41) is 53.4. The number of hydrogen-bond acceptors (Lipinski definition) is 8. The van der Waals surface area contributed by atoms with Crippen LogP contribution in [0.4, 0.5) is 0 Å². The molecule has 7 nitrogen and oxygen atoms in total. The average molecular weight is 372 g/mol. The van der Waals surface area contributed by atoms with Gasteiger partial charge in [-0.3, -0.25) is 0 Å². The Labute approximate surface area is 149 Å². The van der Waals surface area contributed by atoms with Crippen LogP contribution < -0.4 is 0 Å². The predicted molar refractivity (Wildman–Crippen MR) is 87.7 cm³/mol. The lowest BCUT2D eigenvalue weighted by molar-refractivity contribution is -0.255. The third-order valence-corrected chi connectivity index (χ3v) is 9.67. The van der Waals surface area contributed by atoms with Gasteiger partial charge in [0.05, 0.1) is 35.6 Å². The quantitative estimate of drug-likeness (QED) is 0.390. The van der Waals surface area contributed by atoms with Gasteiger partial charge in [0, 0.05) is 11.2 Å². The molecular weight excluding hydrogens is 348 g/mol. The summed E-state index contributed by atoms with van der Waals surface area (Å²) in [4.78, 5) is 0. The summed E-state index contributed by atoms with van der Waals surface area (Å²) < 4.78 is 11.0. The number of fused-ring (bicyclic) bond motifs is 2. The Balaban J connectivity index is 1.71. The van der Waals surface area contributed by atoms with Crippen molar-refractivity contribution in [2.24, 2.45) is 10.8 Å². The molecule has 2 aliphatic heterocycles. The van der Waals surface area contributed by atoms with E-state index < -0.39 is 51.4 Å². The highest BCUT2D eigenvalue weighted by Crippen LogP contribution is 2.88. The molecule has 5 rings (SSSR count). The Hall–Kier alpha value is -0.190. The molecule has 1 spiro atoms. The van der Waals surface area contributed by atoms with E-state index >= 15 is 0 Å². The number of aliphatic hydroxyl groups is 5. The Bertz CT molecular complexity index is 686. The Kier molecular flexibility index (Phi) is 3.01. The smallest absolute Gasteiger partial charge is 0.215 e. The first-order valence-corrected chi connectivity index (χ1v) is 9.70. The fourth-order valence-corrected chi connectivity index (χ4v) is 8.45. The molecule has 0 aromatic heterocycles. The van der Waals surface area contributed by atoms with Gasteiger partial charge in [0.1, 0.15) is 17.8 Å². The molecule has 8 heteroatoms. The average Bonchev–Trinajstić information content (AvgIpc) is 2.75. The van der Waals surface area contributed by atoms with Gasteiger partial charge < -0.3 is 35.0 Å². The Morgan fingerprint density at radius 1 is 1.32 bits per heavy atom. The Morgan fingerprint density at radius 2 is 2.04 bits per heavy atom. The number of ether oxygens (including phenoxy) is 2. The van der Waals surface area contributed by atoms with Crippen molar-refractivity contribution in [1.29, 1.82) is 0 Å². The van der Waals surface area contributed by atoms with Crippen LogP contribution in [0, 0.1) is 10.8 Å². The van der Waals surface area contributed by atoms with Gasteiger partial charge in [-0.05, 0) is 18.9 Å². The molecule has 0 aromatic carbocycles. The lowest BCUT2D eigenvalue weighted by Gasteiger charge is -2.54. The number of hydrogen-bond donors (Lipinski definition) is 5. The SMILES string of the molecule is CC1=C[C@H]2O[C@@H]3[C@H](O)CC4(SCCO)C3(O)[C@@]4(C)[C@]23CO[C@@]1(O)[C@H]3O. The van der Waals surface area contributed by atoms with Crippen molar-refractivity contribution in [3.63, 3.8) is 0 Å². The van der Waals surface area contributed by atoms with Crippen LogP contribution in [0.3, 0.4) is 0 Å². The molecule has 5 N–H and O–H groups in total. The first kappa shape index (κ1) is 16.9. The molecule has 2 heterocycles. The second kappa shape index (κ2) is 4.44. The van der Waals surface area contributed by atoms with Gasteiger partial charge in [0.25, 0.3) is 0 Å². The van der Waals surface area contributed by atoms with Crippen molar-refractivity contribution in [3.05, 3.63) is 11.6 Å².